The number of rotatable bonds is 4. The maximum atomic E-state index is 12.5. The average molecular weight is 369 g/mol. The van der Waals surface area contributed by atoms with Crippen molar-refractivity contribution in [3.05, 3.63) is 35.0 Å². The van der Waals surface area contributed by atoms with Gasteiger partial charge in [-0.15, -0.1) is 0 Å². The molecule has 1 amide bonds. The van der Waals surface area contributed by atoms with Crippen LogP contribution in [0.5, 0.6) is 0 Å². The zero-order valence-electron chi connectivity index (χ0n) is 15.2. The second kappa shape index (κ2) is 6.92. The van der Waals surface area contributed by atoms with Gasteiger partial charge in [-0.1, -0.05) is 5.16 Å². The number of anilines is 1. The van der Waals surface area contributed by atoms with E-state index in [9.17, 15) is 4.79 Å². The minimum atomic E-state index is -0.166. The molecule has 27 heavy (non-hydrogen) atoms. The second-order valence-corrected chi connectivity index (χ2v) is 7.59. The van der Waals surface area contributed by atoms with E-state index < -0.39 is 0 Å². The highest BCUT2D eigenvalue weighted by molar-refractivity contribution is 5.92. The first kappa shape index (κ1) is 16.7. The standard InChI is InChI=1S/C19H23N5O3/c25-18(16-8-17(27-23-16)12-3-4-12)21-14-2-1-6-24(10-14)19-20-9-13-11-26-7-5-15(13)22-19/h8-9,12,14H,1-7,10-11H2,(H,21,25). The molecule has 142 valence electrons. The normalized spacial score (nSPS) is 22.4. The van der Waals surface area contributed by atoms with Crippen molar-refractivity contribution in [2.75, 3.05) is 24.6 Å². The number of carbonyl (C=O) groups is 1. The van der Waals surface area contributed by atoms with Crippen molar-refractivity contribution in [2.24, 2.45) is 0 Å². The van der Waals surface area contributed by atoms with Crippen molar-refractivity contribution in [3.8, 4) is 0 Å². The van der Waals surface area contributed by atoms with Crippen LogP contribution in [0.1, 0.15) is 59.1 Å². The van der Waals surface area contributed by atoms with Gasteiger partial charge >= 0.3 is 0 Å². The molecule has 3 aliphatic rings. The fraction of sp³-hybridized carbons (Fsp3) is 0.579. The molecule has 8 heteroatoms. The lowest BCUT2D eigenvalue weighted by atomic mass is 10.1. The van der Waals surface area contributed by atoms with Gasteiger partial charge in [-0.05, 0) is 25.7 Å². The van der Waals surface area contributed by atoms with E-state index in [1.807, 2.05) is 6.20 Å². The van der Waals surface area contributed by atoms with Crippen molar-refractivity contribution in [3.63, 3.8) is 0 Å². The molecule has 2 fully saturated rings. The molecule has 4 heterocycles. The lowest BCUT2D eigenvalue weighted by Gasteiger charge is -2.33. The van der Waals surface area contributed by atoms with Crippen LogP contribution in [0, 0.1) is 0 Å². The maximum Gasteiger partial charge on any atom is 0.273 e. The average Bonchev–Trinajstić information content (AvgIpc) is 3.44. The Morgan fingerprint density at radius 1 is 1.30 bits per heavy atom. The Hall–Kier alpha value is -2.48. The first-order valence-corrected chi connectivity index (χ1v) is 9.71. The van der Waals surface area contributed by atoms with Crippen LogP contribution >= 0.6 is 0 Å². The molecule has 8 nitrogen and oxygen atoms in total. The molecule has 1 saturated heterocycles. The molecule has 0 bridgehead atoms. The highest BCUT2D eigenvalue weighted by Gasteiger charge is 2.30. The van der Waals surface area contributed by atoms with Gasteiger partial charge in [-0.2, -0.15) is 0 Å². The zero-order valence-corrected chi connectivity index (χ0v) is 15.2. The molecule has 0 spiro atoms. The number of carbonyl (C=O) groups excluding carboxylic acids is 1. The Morgan fingerprint density at radius 2 is 2.22 bits per heavy atom. The van der Waals surface area contributed by atoms with Crippen LogP contribution in [0.3, 0.4) is 0 Å². The van der Waals surface area contributed by atoms with E-state index in [4.69, 9.17) is 14.2 Å². The maximum absolute atomic E-state index is 12.5. The van der Waals surface area contributed by atoms with Crippen molar-refractivity contribution in [2.45, 2.75) is 50.7 Å². The van der Waals surface area contributed by atoms with Gasteiger partial charge in [-0.3, -0.25) is 4.79 Å². The predicted molar refractivity (Wildman–Crippen MR) is 96.6 cm³/mol. The highest BCUT2D eigenvalue weighted by Crippen LogP contribution is 2.40. The van der Waals surface area contributed by atoms with Crippen LogP contribution in [-0.4, -0.2) is 46.8 Å². The van der Waals surface area contributed by atoms with Crippen molar-refractivity contribution in [1.82, 2.24) is 20.4 Å². The monoisotopic (exact) mass is 369 g/mol. The Kier molecular flexibility index (Phi) is 4.27. The highest BCUT2D eigenvalue weighted by atomic mass is 16.5. The van der Waals surface area contributed by atoms with E-state index in [1.54, 1.807) is 6.07 Å². The number of piperidine rings is 1. The fourth-order valence-corrected chi connectivity index (χ4v) is 3.76. The molecule has 1 aliphatic carbocycles. The topological polar surface area (TPSA) is 93.4 Å². The van der Waals surface area contributed by atoms with Crippen molar-refractivity contribution in [1.29, 1.82) is 0 Å². The zero-order chi connectivity index (χ0) is 18.2. The Balaban J connectivity index is 1.24. The first-order valence-electron chi connectivity index (χ1n) is 9.71. The summed E-state index contributed by atoms with van der Waals surface area (Å²) in [5, 5.41) is 7.02. The SMILES string of the molecule is O=C(NC1CCCN(c2ncc3c(n2)CCOC3)C1)c1cc(C2CC2)on1. The number of hydrogen-bond acceptors (Lipinski definition) is 7. The smallest absolute Gasteiger partial charge is 0.273 e. The van der Waals surface area contributed by atoms with Crippen molar-refractivity contribution >= 4 is 11.9 Å². The lowest BCUT2D eigenvalue weighted by molar-refractivity contribution is 0.0923. The summed E-state index contributed by atoms with van der Waals surface area (Å²) in [4.78, 5) is 23.9. The first-order chi connectivity index (χ1) is 13.3. The van der Waals surface area contributed by atoms with Crippen LogP contribution in [0.15, 0.2) is 16.8 Å². The summed E-state index contributed by atoms with van der Waals surface area (Å²) in [5.74, 6) is 1.86. The molecule has 2 aromatic rings. The van der Waals surface area contributed by atoms with E-state index in [2.05, 4.69) is 20.4 Å². The number of nitrogens with one attached hydrogen (secondary N) is 1. The summed E-state index contributed by atoms with van der Waals surface area (Å²) in [6.45, 7) is 2.91. The fourth-order valence-electron chi connectivity index (χ4n) is 3.76. The Morgan fingerprint density at radius 3 is 3.11 bits per heavy atom. The Labute approximate surface area is 157 Å². The van der Waals surface area contributed by atoms with E-state index in [-0.39, 0.29) is 11.9 Å². The number of hydrogen-bond donors (Lipinski definition) is 1. The third-order valence-corrected chi connectivity index (χ3v) is 5.46. The molecule has 1 N–H and O–H groups in total. The summed E-state index contributed by atoms with van der Waals surface area (Å²) in [7, 11) is 0. The minimum Gasteiger partial charge on any atom is -0.376 e. The molecule has 2 aliphatic heterocycles. The van der Waals surface area contributed by atoms with Crippen LogP contribution in [-0.2, 0) is 17.8 Å². The van der Waals surface area contributed by atoms with Gasteiger partial charge in [0.25, 0.3) is 5.91 Å². The summed E-state index contributed by atoms with van der Waals surface area (Å²) < 4.78 is 10.7. The number of ether oxygens (including phenoxy) is 1. The summed E-state index contributed by atoms with van der Waals surface area (Å²) in [6, 6.07) is 1.83. The molecule has 0 radical (unpaired) electrons. The predicted octanol–water partition coefficient (Wildman–Crippen LogP) is 1.81. The quantitative estimate of drug-likeness (QED) is 0.878. The van der Waals surface area contributed by atoms with Gasteiger partial charge in [0.1, 0.15) is 5.76 Å². The third-order valence-electron chi connectivity index (χ3n) is 5.46. The van der Waals surface area contributed by atoms with E-state index in [0.717, 1.165) is 61.6 Å². The number of amides is 1. The van der Waals surface area contributed by atoms with Gasteiger partial charge in [0.2, 0.25) is 5.95 Å². The van der Waals surface area contributed by atoms with Crippen LogP contribution < -0.4 is 10.2 Å². The molecule has 1 saturated carbocycles. The lowest BCUT2D eigenvalue weighted by Crippen LogP contribution is -2.48. The van der Waals surface area contributed by atoms with Gasteiger partial charge in [-0.25, -0.2) is 9.97 Å². The van der Waals surface area contributed by atoms with Crippen LogP contribution in [0.2, 0.25) is 0 Å². The largest absolute Gasteiger partial charge is 0.376 e. The van der Waals surface area contributed by atoms with Gasteiger partial charge in [0.05, 0.1) is 18.9 Å². The van der Waals surface area contributed by atoms with Gasteiger partial charge in [0, 0.05) is 49.3 Å². The minimum absolute atomic E-state index is 0.0512. The molecule has 0 aromatic carbocycles. The van der Waals surface area contributed by atoms with Crippen LogP contribution in [0.25, 0.3) is 0 Å². The molecular formula is C19H23N5O3. The third kappa shape index (κ3) is 3.53. The van der Waals surface area contributed by atoms with Gasteiger partial charge in [0.15, 0.2) is 5.69 Å². The summed E-state index contributed by atoms with van der Waals surface area (Å²) >= 11 is 0. The number of nitrogens with zero attached hydrogens (tertiary/aromatic N) is 4. The molecular weight excluding hydrogens is 346 g/mol. The molecule has 5 rings (SSSR count). The number of fused-ring (bicyclic) bond motifs is 1. The second-order valence-electron chi connectivity index (χ2n) is 7.59. The molecule has 2 aromatic heterocycles. The van der Waals surface area contributed by atoms with E-state index in [1.165, 1.54) is 0 Å². The van der Waals surface area contributed by atoms with Crippen LogP contribution in [0.4, 0.5) is 5.95 Å². The van der Waals surface area contributed by atoms with E-state index >= 15 is 0 Å². The summed E-state index contributed by atoms with van der Waals surface area (Å²) in [6.07, 6.45) is 6.87. The molecule has 1 atom stereocenters. The van der Waals surface area contributed by atoms with Crippen molar-refractivity contribution < 1.29 is 14.1 Å². The van der Waals surface area contributed by atoms with E-state index in [0.29, 0.717) is 31.4 Å². The molecule has 1 unspecified atom stereocenters. The number of aromatic nitrogens is 3. The summed E-state index contributed by atoms with van der Waals surface area (Å²) in [5.41, 5.74) is 2.52. The van der Waals surface area contributed by atoms with Gasteiger partial charge < -0.3 is 19.5 Å². The Bertz CT molecular complexity index is 848.